The molecule has 2 saturated carbocycles. The molecule has 140 valence electrons. The van der Waals surface area contributed by atoms with Crippen LogP contribution in [0.15, 0.2) is 29.2 Å². The molecule has 0 heterocycles. The van der Waals surface area contributed by atoms with E-state index in [1.165, 1.54) is 0 Å². The van der Waals surface area contributed by atoms with E-state index < -0.39 is 15.7 Å². The van der Waals surface area contributed by atoms with Gasteiger partial charge in [0.05, 0.1) is 4.90 Å². The van der Waals surface area contributed by atoms with E-state index in [-0.39, 0.29) is 16.2 Å². The number of hydrogen-bond acceptors (Lipinski definition) is 2. The third-order valence-electron chi connectivity index (χ3n) is 6.76. The van der Waals surface area contributed by atoms with Crippen LogP contribution in [0.25, 0.3) is 0 Å². The number of nitrogens with two attached hydrogens (primary N) is 1. The Labute approximate surface area is 151 Å². The maximum absolute atomic E-state index is 14.7. The largest absolute Gasteiger partial charge is 0.244 e. The second kappa shape index (κ2) is 6.34. The van der Waals surface area contributed by atoms with Gasteiger partial charge in [-0.25, -0.2) is 17.9 Å². The molecule has 0 bridgehead atoms. The van der Waals surface area contributed by atoms with E-state index in [2.05, 4.69) is 13.8 Å². The lowest BCUT2D eigenvalue weighted by Gasteiger charge is -2.35. The van der Waals surface area contributed by atoms with Crippen LogP contribution in [0.2, 0.25) is 0 Å². The molecular formula is C20H30FNO2S. The summed E-state index contributed by atoms with van der Waals surface area (Å²) in [5.74, 6) is 1.13. The second-order valence-electron chi connectivity index (χ2n) is 8.82. The first-order valence-corrected chi connectivity index (χ1v) is 10.9. The lowest BCUT2D eigenvalue weighted by Crippen LogP contribution is -2.33. The number of rotatable bonds is 5. The van der Waals surface area contributed by atoms with E-state index >= 15 is 0 Å². The van der Waals surface area contributed by atoms with E-state index in [4.69, 9.17) is 5.14 Å². The zero-order chi connectivity index (χ0) is 18.5. The van der Waals surface area contributed by atoms with Crippen LogP contribution in [-0.4, -0.2) is 14.1 Å². The highest BCUT2D eigenvalue weighted by Crippen LogP contribution is 2.66. The number of alkyl halides is 1. The third kappa shape index (κ3) is 3.77. The molecule has 0 saturated heterocycles. The van der Waals surface area contributed by atoms with Gasteiger partial charge in [-0.1, -0.05) is 38.8 Å². The lowest BCUT2D eigenvalue weighted by molar-refractivity contribution is 0.0489. The molecule has 4 atom stereocenters. The van der Waals surface area contributed by atoms with Crippen molar-refractivity contribution in [2.75, 3.05) is 0 Å². The molecule has 2 aliphatic rings. The molecule has 2 fully saturated rings. The third-order valence-corrected chi connectivity index (χ3v) is 7.69. The predicted molar refractivity (Wildman–Crippen MR) is 98.5 cm³/mol. The minimum Gasteiger partial charge on any atom is -0.244 e. The van der Waals surface area contributed by atoms with E-state index in [0.717, 1.165) is 37.7 Å². The molecule has 0 spiro atoms. The van der Waals surface area contributed by atoms with Crippen molar-refractivity contribution < 1.29 is 12.8 Å². The first-order valence-electron chi connectivity index (χ1n) is 9.35. The van der Waals surface area contributed by atoms with Gasteiger partial charge in [-0.3, -0.25) is 0 Å². The summed E-state index contributed by atoms with van der Waals surface area (Å²) in [5.41, 5.74) is 0.336. The number of halogens is 1. The fourth-order valence-corrected chi connectivity index (χ4v) is 5.52. The van der Waals surface area contributed by atoms with Gasteiger partial charge in [0.2, 0.25) is 10.0 Å². The van der Waals surface area contributed by atoms with Crippen LogP contribution in [0.4, 0.5) is 4.39 Å². The normalized spacial score (nSPS) is 34.7. The Morgan fingerprint density at radius 2 is 1.76 bits per heavy atom. The average Bonchev–Trinajstić information content (AvgIpc) is 3.06. The van der Waals surface area contributed by atoms with Crippen LogP contribution < -0.4 is 5.14 Å². The lowest BCUT2D eigenvalue weighted by atomic mass is 9.75. The van der Waals surface area contributed by atoms with E-state index in [1.54, 1.807) is 19.1 Å². The molecule has 2 aliphatic carbocycles. The van der Waals surface area contributed by atoms with Gasteiger partial charge >= 0.3 is 0 Å². The Hall–Kier alpha value is -0.940. The topological polar surface area (TPSA) is 60.2 Å². The van der Waals surface area contributed by atoms with Gasteiger partial charge in [0, 0.05) is 0 Å². The quantitative estimate of drug-likeness (QED) is 0.815. The zero-order valence-electron chi connectivity index (χ0n) is 15.5. The van der Waals surface area contributed by atoms with E-state index in [9.17, 15) is 12.8 Å². The van der Waals surface area contributed by atoms with Crippen LogP contribution in [0.3, 0.4) is 0 Å². The molecule has 25 heavy (non-hydrogen) atoms. The van der Waals surface area contributed by atoms with Crippen molar-refractivity contribution in [3.05, 3.63) is 29.8 Å². The average molecular weight is 368 g/mol. The number of benzene rings is 1. The first kappa shape index (κ1) is 18.8. The molecule has 0 amide bonds. The number of hydrogen-bond donors (Lipinski definition) is 1. The maximum Gasteiger partial charge on any atom is 0.238 e. The number of primary sulfonamides is 1. The fraction of sp³-hybridized carbons (Fsp3) is 0.700. The van der Waals surface area contributed by atoms with Gasteiger partial charge in [0.15, 0.2) is 0 Å². The summed E-state index contributed by atoms with van der Waals surface area (Å²) >= 11 is 0. The predicted octanol–water partition coefficient (Wildman–Crippen LogP) is 4.77. The van der Waals surface area contributed by atoms with Crippen molar-refractivity contribution in [2.24, 2.45) is 22.4 Å². The van der Waals surface area contributed by atoms with Gasteiger partial charge in [-0.2, -0.15) is 0 Å². The summed E-state index contributed by atoms with van der Waals surface area (Å²) in [6.45, 7) is 6.29. The van der Waals surface area contributed by atoms with Gasteiger partial charge in [-0.15, -0.1) is 0 Å². The molecular weight excluding hydrogens is 337 g/mol. The zero-order valence-corrected chi connectivity index (χ0v) is 16.3. The molecule has 0 aliphatic heterocycles. The van der Waals surface area contributed by atoms with Gasteiger partial charge in [-0.05, 0) is 73.5 Å². The van der Waals surface area contributed by atoms with Crippen molar-refractivity contribution in [3.63, 3.8) is 0 Å². The highest BCUT2D eigenvalue weighted by atomic mass is 32.2. The van der Waals surface area contributed by atoms with Gasteiger partial charge in [0.1, 0.15) is 5.67 Å². The van der Waals surface area contributed by atoms with Crippen molar-refractivity contribution >= 4 is 10.0 Å². The Bertz CT molecular complexity index is 725. The van der Waals surface area contributed by atoms with Crippen molar-refractivity contribution in [2.45, 2.75) is 75.8 Å². The van der Waals surface area contributed by atoms with Crippen molar-refractivity contribution in [1.29, 1.82) is 0 Å². The minimum absolute atomic E-state index is 0.154. The summed E-state index contributed by atoms with van der Waals surface area (Å²) in [7, 11) is -3.65. The molecule has 1 aromatic rings. The molecule has 3 rings (SSSR count). The summed E-state index contributed by atoms with van der Waals surface area (Å²) in [6.07, 6.45) is 5.86. The molecule has 1 aromatic carbocycles. The molecule has 5 heteroatoms. The molecule has 3 nitrogen and oxygen atoms in total. The molecule has 0 aromatic heterocycles. The second-order valence-corrected chi connectivity index (χ2v) is 10.4. The van der Waals surface area contributed by atoms with Crippen LogP contribution in [0, 0.1) is 17.3 Å². The first-order chi connectivity index (χ1) is 11.5. The SMILES string of the molecule is CC1(F)CCCCC1CCC1C(c2ccc(S(N)(=O)=O)cc2)C1(C)C. The molecule has 4 unspecified atom stereocenters. The highest BCUT2D eigenvalue weighted by molar-refractivity contribution is 7.89. The monoisotopic (exact) mass is 367 g/mol. The summed E-state index contributed by atoms with van der Waals surface area (Å²) < 4.78 is 37.5. The van der Waals surface area contributed by atoms with Gasteiger partial charge in [0.25, 0.3) is 0 Å². The van der Waals surface area contributed by atoms with E-state index in [1.807, 2.05) is 12.1 Å². The summed E-state index contributed by atoms with van der Waals surface area (Å²) in [4.78, 5) is 0.154. The van der Waals surface area contributed by atoms with Gasteiger partial charge < -0.3 is 0 Å². The maximum atomic E-state index is 14.7. The van der Waals surface area contributed by atoms with E-state index in [0.29, 0.717) is 18.3 Å². The summed E-state index contributed by atoms with van der Waals surface area (Å²) in [5, 5.41) is 5.17. The fourth-order valence-electron chi connectivity index (χ4n) is 5.00. The standard InChI is InChI=1S/C20H30FNO2S/c1-19(2)17(12-9-15-6-4-5-13-20(15,3)21)18(19)14-7-10-16(11-8-14)25(22,23)24/h7-8,10-11,15,17-18H,4-6,9,12-13H2,1-3H3,(H2,22,23,24). The Morgan fingerprint density at radius 1 is 1.12 bits per heavy atom. The highest BCUT2D eigenvalue weighted by Gasteiger charge is 2.57. The Balaban J connectivity index is 1.66. The van der Waals surface area contributed by atoms with Crippen LogP contribution in [0.5, 0.6) is 0 Å². The minimum atomic E-state index is -3.65. The molecule has 0 radical (unpaired) electrons. The Kier molecular flexibility index (Phi) is 4.78. The van der Waals surface area contributed by atoms with Crippen LogP contribution in [0.1, 0.15) is 70.8 Å². The molecule has 2 N–H and O–H groups in total. The number of sulfonamides is 1. The smallest absolute Gasteiger partial charge is 0.238 e. The van der Waals surface area contributed by atoms with Crippen LogP contribution in [-0.2, 0) is 10.0 Å². The Morgan fingerprint density at radius 3 is 2.32 bits per heavy atom. The van der Waals surface area contributed by atoms with Crippen LogP contribution >= 0.6 is 0 Å². The van der Waals surface area contributed by atoms with Crippen molar-refractivity contribution in [3.8, 4) is 0 Å². The van der Waals surface area contributed by atoms with Crippen molar-refractivity contribution in [1.82, 2.24) is 0 Å². The summed E-state index contributed by atoms with van der Waals surface area (Å²) in [6, 6.07) is 6.95.